The van der Waals surface area contributed by atoms with Crippen LogP contribution in [-0.2, 0) is 0 Å². The average molecular weight is 331 g/mol. The number of nitrogens with two attached hydrogens (primary N) is 1. The maximum atomic E-state index is 14.1. The number of rotatable bonds is 2. The Bertz CT molecular complexity index is 748. The maximum absolute atomic E-state index is 14.1. The van der Waals surface area contributed by atoms with Crippen molar-refractivity contribution in [1.82, 2.24) is 4.98 Å². The van der Waals surface area contributed by atoms with Crippen LogP contribution in [0.4, 0.5) is 4.39 Å². The SMILES string of the molecule is NC(c1c(F)cccc1Br)c1cccc2ncccc12. The van der Waals surface area contributed by atoms with Crippen LogP contribution in [0, 0.1) is 5.82 Å². The quantitative estimate of drug-likeness (QED) is 0.765. The fourth-order valence-corrected chi connectivity index (χ4v) is 2.95. The van der Waals surface area contributed by atoms with Crippen LogP contribution in [-0.4, -0.2) is 4.98 Å². The lowest BCUT2D eigenvalue weighted by Crippen LogP contribution is -2.15. The number of benzene rings is 2. The Morgan fingerprint density at radius 2 is 1.85 bits per heavy atom. The van der Waals surface area contributed by atoms with Crippen molar-refractivity contribution in [2.24, 2.45) is 5.73 Å². The summed E-state index contributed by atoms with van der Waals surface area (Å²) in [5.74, 6) is -0.312. The van der Waals surface area contributed by atoms with Crippen LogP contribution < -0.4 is 5.73 Å². The smallest absolute Gasteiger partial charge is 0.129 e. The molecule has 0 aliphatic carbocycles. The molecule has 0 amide bonds. The van der Waals surface area contributed by atoms with Crippen LogP contribution in [0.5, 0.6) is 0 Å². The summed E-state index contributed by atoms with van der Waals surface area (Å²) >= 11 is 3.37. The zero-order valence-electron chi connectivity index (χ0n) is 10.6. The van der Waals surface area contributed by atoms with Crippen molar-refractivity contribution in [3.8, 4) is 0 Å². The largest absolute Gasteiger partial charge is 0.320 e. The van der Waals surface area contributed by atoms with E-state index in [1.54, 1.807) is 18.3 Å². The van der Waals surface area contributed by atoms with E-state index in [4.69, 9.17) is 5.73 Å². The zero-order valence-corrected chi connectivity index (χ0v) is 12.1. The lowest BCUT2D eigenvalue weighted by molar-refractivity contribution is 0.598. The van der Waals surface area contributed by atoms with E-state index in [1.807, 2.05) is 30.3 Å². The molecule has 2 nitrogen and oxygen atoms in total. The molecule has 0 saturated carbocycles. The Hall–Kier alpha value is -1.78. The molecule has 3 aromatic rings. The number of hydrogen-bond donors (Lipinski definition) is 1. The second-order valence-electron chi connectivity index (χ2n) is 4.53. The predicted molar refractivity (Wildman–Crippen MR) is 81.9 cm³/mol. The molecular formula is C16H12BrFN2. The summed E-state index contributed by atoms with van der Waals surface area (Å²) in [6, 6.07) is 13.8. The summed E-state index contributed by atoms with van der Waals surface area (Å²) in [6.07, 6.45) is 1.73. The Morgan fingerprint density at radius 1 is 1.05 bits per heavy atom. The molecule has 0 saturated heterocycles. The number of aromatic nitrogens is 1. The minimum absolute atomic E-state index is 0.312. The van der Waals surface area contributed by atoms with Crippen molar-refractivity contribution in [2.45, 2.75) is 6.04 Å². The van der Waals surface area contributed by atoms with E-state index in [9.17, 15) is 4.39 Å². The van der Waals surface area contributed by atoms with E-state index in [0.717, 1.165) is 16.5 Å². The van der Waals surface area contributed by atoms with E-state index in [1.165, 1.54) is 6.07 Å². The Labute approximate surface area is 124 Å². The highest BCUT2D eigenvalue weighted by Crippen LogP contribution is 2.32. The van der Waals surface area contributed by atoms with E-state index >= 15 is 0 Å². The van der Waals surface area contributed by atoms with Crippen molar-refractivity contribution in [2.75, 3.05) is 0 Å². The third-order valence-electron chi connectivity index (χ3n) is 3.33. The van der Waals surface area contributed by atoms with E-state index in [0.29, 0.717) is 10.0 Å². The van der Waals surface area contributed by atoms with Gasteiger partial charge in [-0.25, -0.2) is 4.39 Å². The van der Waals surface area contributed by atoms with Gasteiger partial charge in [-0.1, -0.05) is 40.2 Å². The molecule has 0 aliphatic heterocycles. The minimum Gasteiger partial charge on any atom is -0.320 e. The number of pyridine rings is 1. The summed E-state index contributed by atoms with van der Waals surface area (Å²) in [7, 11) is 0. The number of hydrogen-bond acceptors (Lipinski definition) is 2. The fraction of sp³-hybridized carbons (Fsp3) is 0.0625. The molecule has 0 aliphatic rings. The molecule has 0 fully saturated rings. The normalized spacial score (nSPS) is 12.6. The van der Waals surface area contributed by atoms with Crippen molar-refractivity contribution in [3.63, 3.8) is 0 Å². The molecule has 3 rings (SSSR count). The molecule has 1 aromatic heterocycles. The lowest BCUT2D eigenvalue weighted by atomic mass is 9.95. The first-order chi connectivity index (χ1) is 9.68. The van der Waals surface area contributed by atoms with Gasteiger partial charge >= 0.3 is 0 Å². The molecule has 2 N–H and O–H groups in total. The van der Waals surface area contributed by atoms with Crippen molar-refractivity contribution < 1.29 is 4.39 Å². The molecule has 100 valence electrons. The van der Waals surface area contributed by atoms with Crippen LogP contribution in [0.15, 0.2) is 59.2 Å². The van der Waals surface area contributed by atoms with Crippen molar-refractivity contribution >= 4 is 26.8 Å². The minimum atomic E-state index is -0.543. The van der Waals surface area contributed by atoms with Crippen LogP contribution in [0.25, 0.3) is 10.9 Å². The second kappa shape index (κ2) is 5.31. The first-order valence-corrected chi connectivity index (χ1v) is 7.01. The Kier molecular flexibility index (Phi) is 3.51. The molecule has 1 unspecified atom stereocenters. The summed E-state index contributed by atoms with van der Waals surface area (Å²) in [4.78, 5) is 4.30. The van der Waals surface area contributed by atoms with Crippen LogP contribution in [0.1, 0.15) is 17.2 Å². The fourth-order valence-electron chi connectivity index (χ4n) is 2.36. The van der Waals surface area contributed by atoms with E-state index < -0.39 is 6.04 Å². The van der Waals surface area contributed by atoms with Gasteiger partial charge in [0, 0.05) is 21.6 Å². The molecular weight excluding hydrogens is 319 g/mol. The molecule has 20 heavy (non-hydrogen) atoms. The highest BCUT2D eigenvalue weighted by Gasteiger charge is 2.18. The summed E-state index contributed by atoms with van der Waals surface area (Å²) in [6.45, 7) is 0. The number of fused-ring (bicyclic) bond motifs is 1. The summed E-state index contributed by atoms with van der Waals surface area (Å²) in [5.41, 5.74) is 8.47. The topological polar surface area (TPSA) is 38.9 Å². The zero-order chi connectivity index (χ0) is 14.1. The second-order valence-corrected chi connectivity index (χ2v) is 5.38. The van der Waals surface area contributed by atoms with E-state index in [-0.39, 0.29) is 5.82 Å². The molecule has 0 radical (unpaired) electrons. The highest BCUT2D eigenvalue weighted by molar-refractivity contribution is 9.10. The monoisotopic (exact) mass is 330 g/mol. The highest BCUT2D eigenvalue weighted by atomic mass is 79.9. The van der Waals surface area contributed by atoms with Crippen LogP contribution in [0.3, 0.4) is 0 Å². The van der Waals surface area contributed by atoms with Gasteiger partial charge < -0.3 is 5.73 Å². The summed E-state index contributed by atoms with van der Waals surface area (Å²) < 4.78 is 14.7. The van der Waals surface area contributed by atoms with Gasteiger partial charge in [-0.05, 0) is 29.8 Å². The number of halogens is 2. The third kappa shape index (κ3) is 2.21. The van der Waals surface area contributed by atoms with E-state index in [2.05, 4.69) is 20.9 Å². The molecule has 0 bridgehead atoms. The first kappa shape index (κ1) is 13.2. The molecule has 1 atom stereocenters. The molecule has 2 aromatic carbocycles. The van der Waals surface area contributed by atoms with Gasteiger partial charge in [-0.2, -0.15) is 0 Å². The Morgan fingerprint density at radius 3 is 2.65 bits per heavy atom. The van der Waals surface area contributed by atoms with Crippen LogP contribution in [0.2, 0.25) is 0 Å². The van der Waals surface area contributed by atoms with Gasteiger partial charge in [-0.3, -0.25) is 4.98 Å². The van der Waals surface area contributed by atoms with Crippen molar-refractivity contribution in [1.29, 1.82) is 0 Å². The van der Waals surface area contributed by atoms with Gasteiger partial charge in [0.25, 0.3) is 0 Å². The van der Waals surface area contributed by atoms with Crippen LogP contribution >= 0.6 is 15.9 Å². The maximum Gasteiger partial charge on any atom is 0.129 e. The molecule has 4 heteroatoms. The summed E-state index contributed by atoms with van der Waals surface area (Å²) in [5, 5.41) is 0.942. The average Bonchev–Trinajstić information content (AvgIpc) is 2.46. The first-order valence-electron chi connectivity index (χ1n) is 6.21. The lowest BCUT2D eigenvalue weighted by Gasteiger charge is -2.17. The molecule has 1 heterocycles. The molecule has 0 spiro atoms. The van der Waals surface area contributed by atoms with Gasteiger partial charge in [-0.15, -0.1) is 0 Å². The van der Waals surface area contributed by atoms with Gasteiger partial charge in [0.2, 0.25) is 0 Å². The predicted octanol–water partition coefficient (Wildman–Crippen LogP) is 4.18. The number of nitrogens with zero attached hydrogens (tertiary/aromatic N) is 1. The Balaban J connectivity index is 2.21. The van der Waals surface area contributed by atoms with Crippen molar-refractivity contribution in [3.05, 3.63) is 76.1 Å². The third-order valence-corrected chi connectivity index (χ3v) is 4.02. The van der Waals surface area contributed by atoms with Gasteiger partial charge in [0.1, 0.15) is 5.82 Å². The van der Waals surface area contributed by atoms with Gasteiger partial charge in [0.15, 0.2) is 0 Å². The standard InChI is InChI=1S/C16H12BrFN2/c17-12-6-2-7-13(18)15(12)16(19)11-4-1-8-14-10(11)5-3-9-20-14/h1-9,16H,19H2. The van der Waals surface area contributed by atoms with Gasteiger partial charge in [0.05, 0.1) is 11.6 Å².